The van der Waals surface area contributed by atoms with Gasteiger partial charge in [-0.05, 0) is 90.8 Å². The lowest BCUT2D eigenvalue weighted by atomic mass is 9.96. The highest BCUT2D eigenvalue weighted by atomic mass is 15.1. The molecule has 0 radical (unpaired) electrons. The van der Waals surface area contributed by atoms with Gasteiger partial charge in [0.15, 0.2) is 0 Å². The highest BCUT2D eigenvalue weighted by molar-refractivity contribution is 4.74. The minimum Gasteiger partial charge on any atom is -0.316 e. The summed E-state index contributed by atoms with van der Waals surface area (Å²) in [7, 11) is 4.56. The van der Waals surface area contributed by atoms with E-state index in [1.165, 1.54) is 71.4 Å². The Morgan fingerprint density at radius 3 is 2.61 bits per heavy atom. The van der Waals surface area contributed by atoms with Gasteiger partial charge in [0.2, 0.25) is 0 Å². The third-order valence-corrected chi connectivity index (χ3v) is 4.72. The van der Waals surface area contributed by atoms with Crippen LogP contribution in [0.4, 0.5) is 0 Å². The Bertz CT molecular complexity index is 218. The van der Waals surface area contributed by atoms with Crippen LogP contribution in [0.3, 0.4) is 0 Å². The molecule has 1 N–H and O–H groups in total. The van der Waals surface area contributed by atoms with E-state index in [1.54, 1.807) is 0 Å². The molecule has 0 spiro atoms. The average Bonchev–Trinajstić information content (AvgIpc) is 2.85. The zero-order valence-electron chi connectivity index (χ0n) is 12.3. The van der Waals surface area contributed by atoms with E-state index in [-0.39, 0.29) is 0 Å². The summed E-state index contributed by atoms with van der Waals surface area (Å²) in [5.74, 6) is 1.90. The molecule has 0 aliphatic carbocycles. The maximum absolute atomic E-state index is 3.46. The molecule has 18 heavy (non-hydrogen) atoms. The first kappa shape index (κ1) is 14.3. The van der Waals surface area contributed by atoms with E-state index in [1.807, 2.05) is 0 Å². The summed E-state index contributed by atoms with van der Waals surface area (Å²) < 4.78 is 0. The number of rotatable bonds is 6. The monoisotopic (exact) mass is 253 g/mol. The van der Waals surface area contributed by atoms with Crippen molar-refractivity contribution in [2.45, 2.75) is 32.1 Å². The van der Waals surface area contributed by atoms with Gasteiger partial charge in [0, 0.05) is 6.54 Å². The lowest BCUT2D eigenvalue weighted by Gasteiger charge is -2.31. The standard InChI is InChI=1S/C15H31N3/c1-17-10-6-15(7-11-17)13-18(2)9-3-4-14-5-8-16-12-14/h14-16H,3-13H2,1-2H3. The summed E-state index contributed by atoms with van der Waals surface area (Å²) in [6.07, 6.45) is 7.00. The highest BCUT2D eigenvalue weighted by Crippen LogP contribution is 2.18. The minimum atomic E-state index is 0.944. The van der Waals surface area contributed by atoms with Gasteiger partial charge in [0.25, 0.3) is 0 Å². The van der Waals surface area contributed by atoms with Crippen molar-refractivity contribution in [1.29, 1.82) is 0 Å². The van der Waals surface area contributed by atoms with E-state index < -0.39 is 0 Å². The zero-order valence-corrected chi connectivity index (χ0v) is 12.3. The summed E-state index contributed by atoms with van der Waals surface area (Å²) in [4.78, 5) is 5.03. The van der Waals surface area contributed by atoms with E-state index in [2.05, 4.69) is 29.2 Å². The van der Waals surface area contributed by atoms with E-state index in [4.69, 9.17) is 0 Å². The zero-order chi connectivity index (χ0) is 12.8. The van der Waals surface area contributed by atoms with Gasteiger partial charge in [0.05, 0.1) is 0 Å². The molecule has 0 aromatic rings. The fourth-order valence-corrected chi connectivity index (χ4v) is 3.39. The Balaban J connectivity index is 1.52. The molecule has 0 bridgehead atoms. The lowest BCUT2D eigenvalue weighted by Crippen LogP contribution is -2.36. The number of nitrogens with one attached hydrogen (secondary N) is 1. The largest absolute Gasteiger partial charge is 0.316 e. The summed E-state index contributed by atoms with van der Waals surface area (Å²) in [6.45, 7) is 7.72. The summed E-state index contributed by atoms with van der Waals surface area (Å²) >= 11 is 0. The molecule has 0 aromatic carbocycles. The van der Waals surface area contributed by atoms with E-state index in [9.17, 15) is 0 Å². The Morgan fingerprint density at radius 1 is 1.17 bits per heavy atom. The van der Waals surface area contributed by atoms with Gasteiger partial charge < -0.3 is 15.1 Å². The minimum absolute atomic E-state index is 0.944. The summed E-state index contributed by atoms with van der Waals surface area (Å²) in [5.41, 5.74) is 0. The van der Waals surface area contributed by atoms with Crippen molar-refractivity contribution >= 4 is 0 Å². The van der Waals surface area contributed by atoms with Crippen molar-refractivity contribution in [3.05, 3.63) is 0 Å². The molecule has 106 valence electrons. The second kappa shape index (κ2) is 7.46. The van der Waals surface area contributed by atoms with Crippen LogP contribution in [0.1, 0.15) is 32.1 Å². The van der Waals surface area contributed by atoms with Crippen LogP contribution in [0.15, 0.2) is 0 Å². The molecule has 2 fully saturated rings. The molecular formula is C15H31N3. The molecule has 1 unspecified atom stereocenters. The van der Waals surface area contributed by atoms with E-state index in [0.717, 1.165) is 11.8 Å². The van der Waals surface area contributed by atoms with E-state index >= 15 is 0 Å². The Labute approximate surface area is 113 Å². The van der Waals surface area contributed by atoms with Gasteiger partial charge in [-0.2, -0.15) is 0 Å². The van der Waals surface area contributed by atoms with Crippen molar-refractivity contribution < 1.29 is 0 Å². The molecule has 3 nitrogen and oxygen atoms in total. The fraction of sp³-hybridized carbons (Fsp3) is 1.00. The van der Waals surface area contributed by atoms with Crippen LogP contribution in [0.5, 0.6) is 0 Å². The van der Waals surface area contributed by atoms with Crippen molar-refractivity contribution in [2.24, 2.45) is 11.8 Å². The molecule has 2 aliphatic rings. The maximum Gasteiger partial charge on any atom is 0.000756 e. The van der Waals surface area contributed by atoms with Crippen molar-refractivity contribution in [3.8, 4) is 0 Å². The Kier molecular flexibility index (Phi) is 5.93. The lowest BCUT2D eigenvalue weighted by molar-refractivity contribution is 0.174. The quantitative estimate of drug-likeness (QED) is 0.776. The Morgan fingerprint density at radius 2 is 1.94 bits per heavy atom. The van der Waals surface area contributed by atoms with Crippen molar-refractivity contribution in [3.63, 3.8) is 0 Å². The van der Waals surface area contributed by atoms with Gasteiger partial charge >= 0.3 is 0 Å². The van der Waals surface area contributed by atoms with Crippen LogP contribution >= 0.6 is 0 Å². The molecule has 0 saturated carbocycles. The van der Waals surface area contributed by atoms with Crippen LogP contribution in [-0.2, 0) is 0 Å². The average molecular weight is 253 g/mol. The molecule has 2 aliphatic heterocycles. The third kappa shape index (κ3) is 4.87. The molecule has 2 saturated heterocycles. The number of piperidine rings is 1. The molecular weight excluding hydrogens is 222 g/mol. The second-order valence-corrected chi connectivity index (χ2v) is 6.51. The van der Waals surface area contributed by atoms with Crippen molar-refractivity contribution in [2.75, 3.05) is 53.4 Å². The van der Waals surface area contributed by atoms with Gasteiger partial charge in [-0.3, -0.25) is 0 Å². The summed E-state index contributed by atoms with van der Waals surface area (Å²) in [6, 6.07) is 0. The first-order valence-corrected chi connectivity index (χ1v) is 7.82. The molecule has 0 aromatic heterocycles. The van der Waals surface area contributed by atoms with Gasteiger partial charge in [0.1, 0.15) is 0 Å². The fourth-order valence-electron chi connectivity index (χ4n) is 3.39. The number of nitrogens with zero attached hydrogens (tertiary/aromatic N) is 2. The topological polar surface area (TPSA) is 18.5 Å². The molecule has 0 amide bonds. The normalized spacial score (nSPS) is 27.2. The van der Waals surface area contributed by atoms with Gasteiger partial charge in [-0.1, -0.05) is 0 Å². The van der Waals surface area contributed by atoms with Gasteiger partial charge in [-0.25, -0.2) is 0 Å². The SMILES string of the molecule is CN1CCC(CN(C)CCCC2CCNC2)CC1. The molecule has 3 heteroatoms. The van der Waals surface area contributed by atoms with E-state index in [0.29, 0.717) is 0 Å². The van der Waals surface area contributed by atoms with Crippen LogP contribution in [-0.4, -0.2) is 63.2 Å². The number of likely N-dealkylation sites (tertiary alicyclic amines) is 1. The third-order valence-electron chi connectivity index (χ3n) is 4.72. The van der Waals surface area contributed by atoms with Crippen LogP contribution in [0, 0.1) is 11.8 Å². The number of hydrogen-bond donors (Lipinski definition) is 1. The predicted molar refractivity (Wildman–Crippen MR) is 77.9 cm³/mol. The van der Waals surface area contributed by atoms with Gasteiger partial charge in [-0.15, -0.1) is 0 Å². The first-order chi connectivity index (χ1) is 8.74. The summed E-state index contributed by atoms with van der Waals surface area (Å²) in [5, 5.41) is 3.46. The van der Waals surface area contributed by atoms with Crippen LogP contribution in [0.2, 0.25) is 0 Å². The highest BCUT2D eigenvalue weighted by Gasteiger charge is 2.18. The Hall–Kier alpha value is -0.120. The maximum atomic E-state index is 3.46. The van der Waals surface area contributed by atoms with Crippen molar-refractivity contribution in [1.82, 2.24) is 15.1 Å². The molecule has 2 rings (SSSR count). The molecule has 1 atom stereocenters. The molecule has 2 heterocycles. The van der Waals surface area contributed by atoms with Crippen LogP contribution < -0.4 is 5.32 Å². The predicted octanol–water partition coefficient (Wildman–Crippen LogP) is 1.65. The smallest absolute Gasteiger partial charge is 0.000756 e. The number of hydrogen-bond acceptors (Lipinski definition) is 3. The second-order valence-electron chi connectivity index (χ2n) is 6.51. The van der Waals surface area contributed by atoms with Crippen LogP contribution in [0.25, 0.3) is 0 Å². The first-order valence-electron chi connectivity index (χ1n) is 7.82.